The molecular weight excluding hydrogens is 356 g/mol. The molecule has 2 aliphatic rings. The van der Waals surface area contributed by atoms with Gasteiger partial charge in [-0.3, -0.25) is 4.79 Å². The number of carboxylic acid groups (broad SMARTS) is 1. The highest BCUT2D eigenvalue weighted by atomic mass is 32.2. The maximum Gasteiger partial charge on any atom is 0.303 e. The number of aryl methyl sites for hydroxylation is 1. The summed E-state index contributed by atoms with van der Waals surface area (Å²) in [7, 11) is 0. The second-order valence-corrected chi connectivity index (χ2v) is 8.93. The van der Waals surface area contributed by atoms with Crippen molar-refractivity contribution in [1.29, 1.82) is 0 Å². The lowest BCUT2D eigenvalue weighted by Crippen LogP contribution is -2.28. The first-order chi connectivity index (χ1) is 13.2. The van der Waals surface area contributed by atoms with E-state index in [9.17, 15) is 4.79 Å². The van der Waals surface area contributed by atoms with Crippen LogP contribution < -0.4 is 0 Å². The highest BCUT2D eigenvalue weighted by Gasteiger charge is 2.47. The van der Waals surface area contributed by atoms with Crippen LogP contribution in [0, 0.1) is 11.8 Å². The highest BCUT2D eigenvalue weighted by Crippen LogP contribution is 2.46. The van der Waals surface area contributed by atoms with E-state index in [1.165, 1.54) is 42.8 Å². The number of hydrogen-bond acceptors (Lipinski definition) is 3. The minimum absolute atomic E-state index is 0.268. The zero-order valence-corrected chi connectivity index (χ0v) is 16.9. The van der Waals surface area contributed by atoms with Gasteiger partial charge in [-0.15, -0.1) is 0 Å². The van der Waals surface area contributed by atoms with Gasteiger partial charge < -0.3 is 9.84 Å². The van der Waals surface area contributed by atoms with E-state index in [4.69, 9.17) is 9.84 Å². The Labute approximate surface area is 167 Å². The molecule has 0 spiro atoms. The zero-order chi connectivity index (χ0) is 18.9. The van der Waals surface area contributed by atoms with Gasteiger partial charge in [0.15, 0.2) is 0 Å². The molecule has 3 rings (SSSR count). The average molecular weight is 389 g/mol. The maximum absolute atomic E-state index is 10.6. The van der Waals surface area contributed by atoms with Gasteiger partial charge in [0, 0.05) is 6.42 Å². The molecule has 2 aliphatic heterocycles. The van der Waals surface area contributed by atoms with Gasteiger partial charge in [-0.25, -0.2) is 0 Å². The smallest absolute Gasteiger partial charge is 0.303 e. The molecule has 4 heteroatoms. The first kappa shape index (κ1) is 20.5. The summed E-state index contributed by atoms with van der Waals surface area (Å²) in [5, 5.41) is 8.69. The van der Waals surface area contributed by atoms with Crippen molar-refractivity contribution in [1.82, 2.24) is 0 Å². The number of rotatable bonds is 12. The summed E-state index contributed by atoms with van der Waals surface area (Å²) in [5.41, 5.74) is 1.44. The fourth-order valence-corrected chi connectivity index (χ4v) is 5.66. The summed E-state index contributed by atoms with van der Waals surface area (Å²) in [5.74, 6) is 3.08. The second-order valence-electron chi connectivity index (χ2n) is 7.78. The number of benzene rings is 1. The van der Waals surface area contributed by atoms with Gasteiger partial charge in [0.1, 0.15) is 0 Å². The molecule has 27 heavy (non-hydrogen) atoms. The number of unbranched alkanes of at least 4 members (excludes halogenated alkanes) is 1. The van der Waals surface area contributed by atoms with E-state index >= 15 is 0 Å². The Morgan fingerprint density at radius 2 is 1.89 bits per heavy atom. The van der Waals surface area contributed by atoms with Crippen molar-refractivity contribution in [3.8, 4) is 0 Å². The lowest BCUT2D eigenvalue weighted by molar-refractivity contribution is -0.137. The SMILES string of the molecule is O=C(O)CCCC=CC[C@@H]1[C@H](CSCCCc2ccccc2)[C@@H]2CC[C@H]1O2. The summed E-state index contributed by atoms with van der Waals surface area (Å²) in [6, 6.07) is 10.7. The molecule has 0 unspecified atom stereocenters. The van der Waals surface area contributed by atoms with Gasteiger partial charge in [0.25, 0.3) is 0 Å². The van der Waals surface area contributed by atoms with E-state index in [2.05, 4.69) is 54.2 Å². The van der Waals surface area contributed by atoms with E-state index in [1.807, 2.05) is 0 Å². The molecule has 0 aliphatic carbocycles. The largest absolute Gasteiger partial charge is 0.481 e. The maximum atomic E-state index is 10.6. The Morgan fingerprint density at radius 1 is 1.11 bits per heavy atom. The minimum Gasteiger partial charge on any atom is -0.481 e. The predicted molar refractivity (Wildman–Crippen MR) is 112 cm³/mol. The van der Waals surface area contributed by atoms with Gasteiger partial charge in [0.2, 0.25) is 0 Å². The fraction of sp³-hybridized carbons (Fsp3) is 0.609. The van der Waals surface area contributed by atoms with Gasteiger partial charge in [-0.05, 0) is 73.9 Å². The highest BCUT2D eigenvalue weighted by molar-refractivity contribution is 7.99. The number of carboxylic acids is 1. The molecule has 0 aromatic heterocycles. The molecule has 2 heterocycles. The van der Waals surface area contributed by atoms with Gasteiger partial charge in [-0.1, -0.05) is 42.5 Å². The Balaban J connectivity index is 1.35. The molecule has 1 aromatic rings. The molecule has 2 bridgehead atoms. The van der Waals surface area contributed by atoms with Crippen molar-refractivity contribution in [3.63, 3.8) is 0 Å². The summed E-state index contributed by atoms with van der Waals surface area (Å²) >= 11 is 2.09. The molecule has 2 saturated heterocycles. The molecule has 3 nitrogen and oxygen atoms in total. The summed E-state index contributed by atoms with van der Waals surface area (Å²) in [6.45, 7) is 0. The Kier molecular flexibility index (Phi) is 8.28. The predicted octanol–water partition coefficient (Wildman–Crippen LogP) is 5.35. The minimum atomic E-state index is -0.700. The molecule has 1 aromatic carbocycles. The van der Waals surface area contributed by atoms with E-state index in [-0.39, 0.29) is 6.42 Å². The summed E-state index contributed by atoms with van der Waals surface area (Å²) in [4.78, 5) is 10.6. The van der Waals surface area contributed by atoms with Crippen LogP contribution in [-0.4, -0.2) is 34.8 Å². The van der Waals surface area contributed by atoms with Crippen molar-refractivity contribution < 1.29 is 14.6 Å². The van der Waals surface area contributed by atoms with Crippen LogP contribution in [0.4, 0.5) is 0 Å². The second kappa shape index (κ2) is 10.9. The lowest BCUT2D eigenvalue weighted by atomic mass is 9.78. The molecular formula is C23H32O3S. The number of aliphatic carboxylic acids is 1. The van der Waals surface area contributed by atoms with Crippen LogP contribution in [0.2, 0.25) is 0 Å². The Hall–Kier alpha value is -1.26. The quantitative estimate of drug-likeness (QED) is 0.387. The molecule has 1 N–H and O–H groups in total. The van der Waals surface area contributed by atoms with Crippen molar-refractivity contribution in [2.75, 3.05) is 11.5 Å². The summed E-state index contributed by atoms with van der Waals surface area (Å²) in [6.07, 6.45) is 13.2. The molecule has 0 amide bonds. The average Bonchev–Trinajstić information content (AvgIpc) is 3.27. The van der Waals surface area contributed by atoms with Gasteiger partial charge >= 0.3 is 5.97 Å². The molecule has 0 saturated carbocycles. The standard InChI is InChI=1S/C23H32O3S/c24-23(25)13-7-2-1-6-12-19-20(22-15-14-21(19)26-22)17-27-16-8-11-18-9-4-3-5-10-18/h1,3-6,9-10,19-22H,2,7-8,11-17H2,(H,24,25)/t19-,20+,21-,22+/m1/s1. The lowest BCUT2D eigenvalue weighted by Gasteiger charge is -2.27. The van der Waals surface area contributed by atoms with Crippen molar-refractivity contribution in [2.24, 2.45) is 11.8 Å². The number of allylic oxidation sites excluding steroid dienone is 2. The Bertz CT molecular complexity index is 601. The van der Waals surface area contributed by atoms with Crippen molar-refractivity contribution >= 4 is 17.7 Å². The normalized spacial score (nSPS) is 26.8. The number of carbonyl (C=O) groups is 1. The van der Waals surface area contributed by atoms with E-state index in [1.54, 1.807) is 0 Å². The third-order valence-corrected chi connectivity index (χ3v) is 7.03. The van der Waals surface area contributed by atoms with Crippen LogP contribution in [0.1, 0.15) is 50.5 Å². The van der Waals surface area contributed by atoms with Crippen molar-refractivity contribution in [2.45, 2.75) is 63.6 Å². The number of hydrogen-bond donors (Lipinski definition) is 1. The van der Waals surface area contributed by atoms with Crippen LogP contribution in [0.3, 0.4) is 0 Å². The molecule has 2 fully saturated rings. The van der Waals surface area contributed by atoms with E-state index in [0.717, 1.165) is 19.3 Å². The van der Waals surface area contributed by atoms with Gasteiger partial charge in [-0.2, -0.15) is 11.8 Å². The van der Waals surface area contributed by atoms with Crippen LogP contribution in [-0.2, 0) is 16.0 Å². The fourth-order valence-electron chi connectivity index (χ4n) is 4.41. The third-order valence-electron chi connectivity index (χ3n) is 5.83. The van der Waals surface area contributed by atoms with Crippen LogP contribution in [0.5, 0.6) is 0 Å². The van der Waals surface area contributed by atoms with Crippen molar-refractivity contribution in [3.05, 3.63) is 48.0 Å². The first-order valence-corrected chi connectivity index (χ1v) is 11.5. The number of ether oxygens (including phenoxy) is 1. The molecule has 0 radical (unpaired) electrons. The first-order valence-electron chi connectivity index (χ1n) is 10.4. The zero-order valence-electron chi connectivity index (χ0n) is 16.1. The van der Waals surface area contributed by atoms with Crippen LogP contribution in [0.15, 0.2) is 42.5 Å². The van der Waals surface area contributed by atoms with E-state index in [0.29, 0.717) is 24.0 Å². The van der Waals surface area contributed by atoms with E-state index < -0.39 is 5.97 Å². The third kappa shape index (κ3) is 6.39. The molecule has 148 valence electrons. The topological polar surface area (TPSA) is 46.5 Å². The summed E-state index contributed by atoms with van der Waals surface area (Å²) < 4.78 is 6.21. The van der Waals surface area contributed by atoms with Crippen LogP contribution in [0.25, 0.3) is 0 Å². The van der Waals surface area contributed by atoms with Crippen LogP contribution >= 0.6 is 11.8 Å². The number of thioether (sulfide) groups is 1. The van der Waals surface area contributed by atoms with Gasteiger partial charge in [0.05, 0.1) is 12.2 Å². The Morgan fingerprint density at radius 3 is 2.67 bits per heavy atom. The number of fused-ring (bicyclic) bond motifs is 2. The monoisotopic (exact) mass is 388 g/mol. The molecule has 4 atom stereocenters.